The van der Waals surface area contributed by atoms with Crippen molar-refractivity contribution in [2.45, 2.75) is 12.6 Å². The van der Waals surface area contributed by atoms with Crippen LogP contribution in [-0.4, -0.2) is 40.4 Å². The number of nitrogens with zero attached hydrogens (tertiary/aromatic N) is 2. The molecule has 0 aliphatic heterocycles. The van der Waals surface area contributed by atoms with Crippen LogP contribution in [0.2, 0.25) is 0 Å². The van der Waals surface area contributed by atoms with Crippen molar-refractivity contribution in [2.24, 2.45) is 0 Å². The van der Waals surface area contributed by atoms with Crippen molar-refractivity contribution in [3.63, 3.8) is 0 Å². The zero-order valence-electron chi connectivity index (χ0n) is 13.3. The Balaban J connectivity index is 2.20. The van der Waals surface area contributed by atoms with Gasteiger partial charge in [0.2, 0.25) is 6.10 Å². The number of esters is 1. The summed E-state index contributed by atoms with van der Waals surface area (Å²) in [6.45, 7) is -0.417. The van der Waals surface area contributed by atoms with E-state index in [4.69, 9.17) is 4.74 Å². The fourth-order valence-electron chi connectivity index (χ4n) is 2.00. The lowest BCUT2D eigenvalue weighted by molar-refractivity contribution is -0.160. The molecule has 2 aromatic rings. The monoisotopic (exact) mass is 331 g/mol. The Labute approximate surface area is 137 Å². The maximum Gasteiger partial charge on any atom is 0.328 e. The van der Waals surface area contributed by atoms with Gasteiger partial charge in [0.1, 0.15) is 6.54 Å². The van der Waals surface area contributed by atoms with Crippen molar-refractivity contribution in [1.29, 1.82) is 0 Å². The molecule has 1 N–H and O–H groups in total. The van der Waals surface area contributed by atoms with Gasteiger partial charge in [0, 0.05) is 31.9 Å². The molecule has 0 aliphatic rings. The number of carbonyl (C=O) groups excluding carboxylic acids is 2. The average Bonchev–Trinajstić information content (AvgIpc) is 2.55. The molecule has 0 saturated heterocycles. The largest absolute Gasteiger partial charge is 0.446 e. The number of aromatic amines is 1. The number of ether oxygens (including phenoxy) is 1. The molecule has 0 unspecified atom stereocenters. The minimum atomic E-state index is -1.10. The van der Waals surface area contributed by atoms with E-state index >= 15 is 0 Å². The van der Waals surface area contributed by atoms with E-state index in [0.29, 0.717) is 5.56 Å². The molecule has 1 amide bonds. The van der Waals surface area contributed by atoms with Crippen molar-refractivity contribution in [3.8, 4) is 0 Å². The molecule has 0 fully saturated rings. The summed E-state index contributed by atoms with van der Waals surface area (Å²) in [4.78, 5) is 50.4. The quantitative estimate of drug-likeness (QED) is 0.772. The van der Waals surface area contributed by atoms with Gasteiger partial charge in [-0.05, 0) is 0 Å². The van der Waals surface area contributed by atoms with E-state index in [0.717, 1.165) is 10.6 Å². The number of aromatic nitrogens is 2. The third-order valence-electron chi connectivity index (χ3n) is 3.21. The first-order valence-electron chi connectivity index (χ1n) is 7.14. The molecule has 126 valence electrons. The molecular weight excluding hydrogens is 314 g/mol. The van der Waals surface area contributed by atoms with E-state index in [2.05, 4.69) is 0 Å². The number of amides is 1. The van der Waals surface area contributed by atoms with Gasteiger partial charge in [0.25, 0.3) is 11.5 Å². The predicted octanol–water partition coefficient (Wildman–Crippen LogP) is -0.0907. The van der Waals surface area contributed by atoms with E-state index in [9.17, 15) is 19.2 Å². The maximum absolute atomic E-state index is 12.3. The molecule has 1 aromatic carbocycles. The van der Waals surface area contributed by atoms with Gasteiger partial charge in [-0.25, -0.2) is 4.79 Å². The van der Waals surface area contributed by atoms with Gasteiger partial charge in [-0.1, -0.05) is 30.3 Å². The second kappa shape index (κ2) is 7.40. The first-order valence-corrected chi connectivity index (χ1v) is 7.14. The second-order valence-corrected chi connectivity index (χ2v) is 5.25. The smallest absolute Gasteiger partial charge is 0.328 e. The summed E-state index contributed by atoms with van der Waals surface area (Å²) in [6, 6.07) is 9.70. The van der Waals surface area contributed by atoms with Gasteiger partial charge in [-0.15, -0.1) is 0 Å². The van der Waals surface area contributed by atoms with E-state index in [1.807, 2.05) is 4.98 Å². The third-order valence-corrected chi connectivity index (χ3v) is 3.21. The molecule has 24 heavy (non-hydrogen) atoms. The lowest BCUT2D eigenvalue weighted by atomic mass is 10.1. The van der Waals surface area contributed by atoms with Crippen LogP contribution in [-0.2, 0) is 20.9 Å². The van der Waals surface area contributed by atoms with Crippen LogP contribution < -0.4 is 11.2 Å². The second-order valence-electron chi connectivity index (χ2n) is 5.25. The molecule has 0 spiro atoms. The van der Waals surface area contributed by atoms with Crippen LogP contribution >= 0.6 is 0 Å². The van der Waals surface area contributed by atoms with Gasteiger partial charge >= 0.3 is 11.7 Å². The first-order chi connectivity index (χ1) is 11.4. The molecule has 0 bridgehead atoms. The molecule has 8 nitrogen and oxygen atoms in total. The Hall–Kier alpha value is -3.16. The Morgan fingerprint density at radius 1 is 1.17 bits per heavy atom. The number of likely N-dealkylation sites (N-methyl/N-ethyl adjacent to an activating group) is 1. The van der Waals surface area contributed by atoms with Crippen LogP contribution in [0.5, 0.6) is 0 Å². The first kappa shape index (κ1) is 17.2. The summed E-state index contributed by atoms with van der Waals surface area (Å²) in [5.41, 5.74) is -0.762. The van der Waals surface area contributed by atoms with Crippen molar-refractivity contribution in [1.82, 2.24) is 14.5 Å². The standard InChI is InChI=1S/C16H17N3O5/c1-18(2)15(22)14(11-6-4-3-5-7-11)24-13(21)10-19-9-8-12(20)17-16(19)23/h3-9,14H,10H2,1-2H3,(H,17,20,23)/t14-/m0/s1. The fraction of sp³-hybridized carbons (Fsp3) is 0.250. The van der Waals surface area contributed by atoms with Crippen molar-refractivity contribution in [2.75, 3.05) is 14.1 Å². The Morgan fingerprint density at radius 2 is 1.83 bits per heavy atom. The number of rotatable bonds is 5. The lowest BCUT2D eigenvalue weighted by Crippen LogP contribution is -2.34. The average molecular weight is 331 g/mol. The van der Waals surface area contributed by atoms with Crippen LogP contribution in [0, 0.1) is 0 Å². The van der Waals surface area contributed by atoms with Crippen LogP contribution in [0.25, 0.3) is 0 Å². The van der Waals surface area contributed by atoms with E-state index < -0.39 is 35.8 Å². The highest BCUT2D eigenvalue weighted by Crippen LogP contribution is 2.19. The highest BCUT2D eigenvalue weighted by molar-refractivity contribution is 5.84. The summed E-state index contributed by atoms with van der Waals surface area (Å²) < 4.78 is 6.26. The molecule has 1 atom stereocenters. The molecule has 1 heterocycles. The number of carbonyl (C=O) groups is 2. The van der Waals surface area contributed by atoms with Gasteiger partial charge in [0.05, 0.1) is 0 Å². The highest BCUT2D eigenvalue weighted by Gasteiger charge is 2.26. The molecule has 0 saturated carbocycles. The number of hydrogen-bond donors (Lipinski definition) is 1. The van der Waals surface area contributed by atoms with Gasteiger partial charge < -0.3 is 9.64 Å². The Kier molecular flexibility index (Phi) is 5.31. The maximum atomic E-state index is 12.3. The van der Waals surface area contributed by atoms with Crippen molar-refractivity contribution >= 4 is 11.9 Å². The minimum Gasteiger partial charge on any atom is -0.446 e. The topological polar surface area (TPSA) is 101 Å². The zero-order valence-corrected chi connectivity index (χ0v) is 13.3. The molecule has 1 aromatic heterocycles. The zero-order chi connectivity index (χ0) is 17.7. The lowest BCUT2D eigenvalue weighted by Gasteiger charge is -2.21. The highest BCUT2D eigenvalue weighted by atomic mass is 16.5. The third kappa shape index (κ3) is 4.19. The molecule has 8 heteroatoms. The van der Waals surface area contributed by atoms with Crippen LogP contribution in [0.1, 0.15) is 11.7 Å². The number of nitrogens with one attached hydrogen (secondary N) is 1. The summed E-state index contributed by atoms with van der Waals surface area (Å²) in [7, 11) is 3.11. The number of benzene rings is 1. The van der Waals surface area contributed by atoms with Crippen LogP contribution in [0.15, 0.2) is 52.2 Å². The van der Waals surface area contributed by atoms with E-state index in [1.54, 1.807) is 44.4 Å². The molecular formula is C16H17N3O5. The summed E-state index contributed by atoms with van der Waals surface area (Å²) in [5, 5.41) is 0. The van der Waals surface area contributed by atoms with Gasteiger partial charge in [-0.3, -0.25) is 23.9 Å². The minimum absolute atomic E-state index is 0.400. The molecule has 2 rings (SSSR count). The fourth-order valence-corrected chi connectivity index (χ4v) is 2.00. The molecule has 0 aliphatic carbocycles. The number of hydrogen-bond acceptors (Lipinski definition) is 5. The van der Waals surface area contributed by atoms with Crippen molar-refractivity contribution in [3.05, 3.63) is 69.0 Å². The van der Waals surface area contributed by atoms with E-state index in [-0.39, 0.29) is 0 Å². The molecule has 0 radical (unpaired) electrons. The number of H-pyrrole nitrogens is 1. The normalized spacial score (nSPS) is 11.6. The summed E-state index contributed by atoms with van der Waals surface area (Å²) in [5.74, 6) is -1.17. The van der Waals surface area contributed by atoms with Crippen LogP contribution in [0.3, 0.4) is 0 Å². The Bertz CT molecular complexity index is 839. The predicted molar refractivity (Wildman–Crippen MR) is 85.3 cm³/mol. The summed E-state index contributed by atoms with van der Waals surface area (Å²) >= 11 is 0. The van der Waals surface area contributed by atoms with E-state index in [1.165, 1.54) is 11.1 Å². The Morgan fingerprint density at radius 3 is 2.42 bits per heavy atom. The van der Waals surface area contributed by atoms with Crippen molar-refractivity contribution < 1.29 is 14.3 Å². The van der Waals surface area contributed by atoms with Gasteiger partial charge in [0.15, 0.2) is 0 Å². The van der Waals surface area contributed by atoms with Gasteiger partial charge in [-0.2, -0.15) is 0 Å². The van der Waals surface area contributed by atoms with Crippen LogP contribution in [0.4, 0.5) is 0 Å². The summed E-state index contributed by atoms with van der Waals surface area (Å²) in [6.07, 6.45) is 0.0837. The SMILES string of the molecule is CN(C)C(=O)[C@@H](OC(=O)Cn1ccc(=O)[nH]c1=O)c1ccccc1.